The Hall–Kier alpha value is -8.77. The Labute approximate surface area is 402 Å². The summed E-state index contributed by atoms with van der Waals surface area (Å²) >= 11 is 1.87. The number of nitrogens with zero attached hydrogens (tertiary/aromatic N) is 4. The second-order valence-corrected chi connectivity index (χ2v) is 19.3. The van der Waals surface area contributed by atoms with Crippen LogP contribution in [-0.4, -0.2) is 19.5 Å². The van der Waals surface area contributed by atoms with Crippen LogP contribution in [0.2, 0.25) is 0 Å². The zero-order valence-electron chi connectivity index (χ0n) is 37.1. The van der Waals surface area contributed by atoms with Crippen LogP contribution >= 0.6 is 11.3 Å². The Bertz CT molecular complexity index is 4200. The molecule has 2 aliphatic rings. The van der Waals surface area contributed by atoms with Gasteiger partial charge in [-0.15, -0.1) is 11.3 Å². The molecule has 5 heteroatoms. The lowest BCUT2D eigenvalue weighted by Crippen LogP contribution is -2.28. The molecule has 0 fully saturated rings. The van der Waals surface area contributed by atoms with Gasteiger partial charge in [-0.2, -0.15) is 0 Å². The zero-order valence-corrected chi connectivity index (χ0v) is 38.0. The van der Waals surface area contributed by atoms with Crippen LogP contribution in [0.3, 0.4) is 0 Å². The monoisotopic (exact) mass is 894 g/mol. The van der Waals surface area contributed by atoms with Crippen LogP contribution in [-0.2, 0) is 5.41 Å². The molecule has 3 aromatic heterocycles. The third-order valence-corrected chi connectivity index (χ3v) is 15.9. The van der Waals surface area contributed by atoms with Gasteiger partial charge in [0, 0.05) is 48.6 Å². The maximum Gasteiger partial charge on any atom is 0.164 e. The van der Waals surface area contributed by atoms with E-state index < -0.39 is 5.41 Å². The molecular formula is C64H38N4S. The Kier molecular flexibility index (Phi) is 8.12. The molecule has 0 saturated heterocycles. The fourth-order valence-corrected chi connectivity index (χ4v) is 13.0. The minimum Gasteiger partial charge on any atom is -0.308 e. The van der Waals surface area contributed by atoms with E-state index in [0.717, 1.165) is 44.6 Å². The second-order valence-electron chi connectivity index (χ2n) is 18.2. The lowest BCUT2D eigenvalue weighted by molar-refractivity contribution is 0.768. The molecule has 0 saturated carbocycles. The number of benzene rings is 10. The van der Waals surface area contributed by atoms with Crippen molar-refractivity contribution in [2.24, 2.45) is 0 Å². The molecule has 0 spiro atoms. The topological polar surface area (TPSA) is 43.6 Å². The van der Waals surface area contributed by atoms with E-state index in [1.165, 1.54) is 75.4 Å². The molecule has 4 heterocycles. The van der Waals surface area contributed by atoms with E-state index in [0.29, 0.717) is 17.5 Å². The Morgan fingerprint density at radius 3 is 1.74 bits per heavy atom. The average Bonchev–Trinajstić information content (AvgIpc) is 4.08. The third-order valence-electron chi connectivity index (χ3n) is 14.7. The van der Waals surface area contributed by atoms with Crippen molar-refractivity contribution in [3.05, 3.63) is 253 Å². The van der Waals surface area contributed by atoms with Crippen molar-refractivity contribution < 1.29 is 0 Å². The minimum absolute atomic E-state index is 0.592. The van der Waals surface area contributed by atoms with Gasteiger partial charge < -0.3 is 4.57 Å². The van der Waals surface area contributed by atoms with Gasteiger partial charge in [-0.25, -0.2) is 15.0 Å². The largest absolute Gasteiger partial charge is 0.308 e. The van der Waals surface area contributed by atoms with Crippen molar-refractivity contribution in [3.8, 4) is 73.2 Å². The van der Waals surface area contributed by atoms with Crippen LogP contribution in [0.25, 0.3) is 115 Å². The normalized spacial score (nSPS) is 13.0. The lowest BCUT2D eigenvalue weighted by atomic mass is 9.67. The Balaban J connectivity index is 0.982. The highest BCUT2D eigenvalue weighted by Crippen LogP contribution is 2.59. The van der Waals surface area contributed by atoms with Crippen molar-refractivity contribution in [2.75, 3.05) is 0 Å². The summed E-state index contributed by atoms with van der Waals surface area (Å²) in [6.07, 6.45) is 0. The van der Waals surface area contributed by atoms with E-state index in [9.17, 15) is 0 Å². The summed E-state index contributed by atoms with van der Waals surface area (Å²) in [4.78, 5) is 16.3. The maximum absolute atomic E-state index is 5.47. The molecule has 1 aliphatic heterocycles. The average molecular weight is 895 g/mol. The lowest BCUT2D eigenvalue weighted by Gasteiger charge is -2.34. The predicted octanol–water partition coefficient (Wildman–Crippen LogP) is 16.3. The maximum atomic E-state index is 5.47. The third kappa shape index (κ3) is 5.48. The van der Waals surface area contributed by atoms with Crippen LogP contribution in [0, 0.1) is 0 Å². The highest BCUT2D eigenvalue weighted by molar-refractivity contribution is 7.26. The van der Waals surface area contributed by atoms with Gasteiger partial charge in [0.1, 0.15) is 0 Å². The van der Waals surface area contributed by atoms with Crippen molar-refractivity contribution >= 4 is 53.3 Å². The molecule has 10 aromatic carbocycles. The first kappa shape index (κ1) is 38.3. The molecule has 1 aliphatic carbocycles. The Morgan fingerprint density at radius 1 is 0.362 bits per heavy atom. The van der Waals surface area contributed by atoms with Gasteiger partial charge in [0.05, 0.1) is 21.1 Å². The fourth-order valence-electron chi connectivity index (χ4n) is 11.7. The molecule has 0 unspecified atom stereocenters. The van der Waals surface area contributed by atoms with E-state index in [1.54, 1.807) is 0 Å². The molecule has 13 aromatic rings. The Morgan fingerprint density at radius 2 is 0.957 bits per heavy atom. The smallest absolute Gasteiger partial charge is 0.164 e. The highest BCUT2D eigenvalue weighted by Gasteiger charge is 2.47. The second kappa shape index (κ2) is 14.6. The van der Waals surface area contributed by atoms with Gasteiger partial charge in [0.15, 0.2) is 17.5 Å². The molecule has 4 nitrogen and oxygen atoms in total. The van der Waals surface area contributed by atoms with E-state index >= 15 is 0 Å². The summed E-state index contributed by atoms with van der Waals surface area (Å²) in [5.74, 6) is 1.89. The summed E-state index contributed by atoms with van der Waals surface area (Å²) in [5.41, 5.74) is 17.5. The van der Waals surface area contributed by atoms with Crippen LogP contribution in [0.15, 0.2) is 231 Å². The molecule has 6 bridgehead atoms. The molecule has 0 amide bonds. The fraction of sp³-hybridized carbons (Fsp3) is 0.0156. The standard InChI is InChI=1S/C64H38N4S/c1-3-17-43(18-4-1)64(44-19-5-2-6-20-44)54-36-31-41-38-53(54)58-52(25-14-26-55(58)64)63-66-61(65-62(67-63)42-16-13-15-40(37-42)46-21-7-8-22-47(41)46)39-29-32-45(33-30-39)68-56-27-11-9-23-48(56)50-34-35-51-49-24-10-12-28-57(49)69-60(51)59(50)68/h1-38H. The zero-order chi connectivity index (χ0) is 45.2. The SMILES string of the molecule is c1ccc(C2(c3ccccc3)c3ccc4cc3-c3c(cccc32)-c2nc(-c3ccc(-n5c6ccccc6c6ccc7c8ccccc8sc7c65)cc3)nc(n2)-c2cccc(c2)-c2ccccc2-4)cc1. The number of rotatable bonds is 4. The minimum atomic E-state index is -0.592. The van der Waals surface area contributed by atoms with Crippen LogP contribution in [0.1, 0.15) is 22.3 Å². The molecule has 0 radical (unpaired) electrons. The summed E-state index contributed by atoms with van der Waals surface area (Å²) in [6.45, 7) is 0. The molecule has 0 N–H and O–H groups in total. The van der Waals surface area contributed by atoms with Gasteiger partial charge in [0.2, 0.25) is 0 Å². The van der Waals surface area contributed by atoms with Crippen molar-refractivity contribution in [1.82, 2.24) is 19.5 Å². The summed E-state index contributed by atoms with van der Waals surface area (Å²) in [7, 11) is 0. The molecular weight excluding hydrogens is 857 g/mol. The van der Waals surface area contributed by atoms with Crippen LogP contribution < -0.4 is 0 Å². The van der Waals surface area contributed by atoms with Gasteiger partial charge in [-0.05, 0) is 104 Å². The van der Waals surface area contributed by atoms with Crippen molar-refractivity contribution in [2.45, 2.75) is 5.41 Å². The number of para-hydroxylation sites is 1. The summed E-state index contributed by atoms with van der Waals surface area (Å²) < 4.78 is 5.03. The van der Waals surface area contributed by atoms with Gasteiger partial charge in [0.25, 0.3) is 0 Å². The molecule has 0 atom stereocenters. The number of aromatic nitrogens is 4. The van der Waals surface area contributed by atoms with E-state index in [-0.39, 0.29) is 0 Å². The number of hydrogen-bond donors (Lipinski definition) is 0. The predicted molar refractivity (Wildman–Crippen MR) is 285 cm³/mol. The van der Waals surface area contributed by atoms with Crippen LogP contribution in [0.5, 0.6) is 0 Å². The first-order chi connectivity index (χ1) is 34.2. The first-order valence-electron chi connectivity index (χ1n) is 23.5. The molecule has 69 heavy (non-hydrogen) atoms. The van der Waals surface area contributed by atoms with E-state index in [2.05, 4.69) is 235 Å². The number of thiophene rings is 1. The summed E-state index contributed by atoms with van der Waals surface area (Å²) in [5, 5.41) is 5.07. The van der Waals surface area contributed by atoms with Gasteiger partial charge in [-0.3, -0.25) is 0 Å². The van der Waals surface area contributed by atoms with Crippen molar-refractivity contribution in [3.63, 3.8) is 0 Å². The summed E-state index contributed by atoms with van der Waals surface area (Å²) in [6, 6.07) is 84.1. The number of fused-ring (bicyclic) bond motifs is 17. The van der Waals surface area contributed by atoms with E-state index in [4.69, 9.17) is 15.0 Å². The highest BCUT2D eigenvalue weighted by atomic mass is 32.1. The van der Waals surface area contributed by atoms with Gasteiger partial charge >= 0.3 is 0 Å². The number of hydrogen-bond acceptors (Lipinski definition) is 4. The van der Waals surface area contributed by atoms with Crippen molar-refractivity contribution in [1.29, 1.82) is 0 Å². The molecule has 15 rings (SSSR count). The van der Waals surface area contributed by atoms with E-state index in [1.807, 2.05) is 11.3 Å². The molecule has 320 valence electrons. The van der Waals surface area contributed by atoms with Crippen LogP contribution in [0.4, 0.5) is 0 Å². The quantitative estimate of drug-likeness (QED) is 0.177. The first-order valence-corrected chi connectivity index (χ1v) is 24.3. The van der Waals surface area contributed by atoms with Gasteiger partial charge in [-0.1, -0.05) is 182 Å².